The molecular weight excluding hydrogens is 236 g/mol. The normalized spacial score (nSPS) is 24.3. The Labute approximate surface area is 115 Å². The summed E-state index contributed by atoms with van der Waals surface area (Å²) in [6.07, 6.45) is 3.98. The zero-order chi connectivity index (χ0) is 13.1. The van der Waals surface area contributed by atoms with E-state index in [-0.39, 0.29) is 0 Å². The van der Waals surface area contributed by atoms with Crippen molar-refractivity contribution in [3.63, 3.8) is 0 Å². The van der Waals surface area contributed by atoms with Crippen LogP contribution in [0.5, 0.6) is 0 Å². The molecule has 0 aliphatic carbocycles. The van der Waals surface area contributed by atoms with Crippen LogP contribution in [-0.2, 0) is 6.54 Å². The molecule has 2 aliphatic rings. The van der Waals surface area contributed by atoms with E-state index in [9.17, 15) is 0 Å². The van der Waals surface area contributed by atoms with Crippen molar-refractivity contribution in [3.05, 3.63) is 23.9 Å². The fraction of sp³-hybridized carbons (Fsp3) is 0.667. The molecule has 1 aromatic heterocycles. The van der Waals surface area contributed by atoms with E-state index in [0.29, 0.717) is 0 Å². The molecule has 19 heavy (non-hydrogen) atoms. The van der Waals surface area contributed by atoms with Crippen molar-refractivity contribution >= 4 is 5.82 Å². The number of pyridine rings is 1. The summed E-state index contributed by atoms with van der Waals surface area (Å²) in [6, 6.07) is 7.13. The average molecular weight is 260 g/mol. The molecule has 104 valence electrons. The van der Waals surface area contributed by atoms with E-state index in [1.54, 1.807) is 0 Å². The van der Waals surface area contributed by atoms with Crippen molar-refractivity contribution < 1.29 is 0 Å². The van der Waals surface area contributed by atoms with Gasteiger partial charge in [-0.25, -0.2) is 4.98 Å². The summed E-state index contributed by atoms with van der Waals surface area (Å²) in [5, 5.41) is 3.17. The van der Waals surface area contributed by atoms with Gasteiger partial charge in [0, 0.05) is 32.2 Å². The van der Waals surface area contributed by atoms with Gasteiger partial charge in [0.1, 0.15) is 5.82 Å². The number of hydrogen-bond acceptors (Lipinski definition) is 4. The molecular formula is C15H24N4. The van der Waals surface area contributed by atoms with Gasteiger partial charge in [-0.05, 0) is 45.0 Å². The fourth-order valence-corrected chi connectivity index (χ4v) is 3.34. The van der Waals surface area contributed by atoms with E-state index < -0.39 is 0 Å². The van der Waals surface area contributed by atoms with Crippen molar-refractivity contribution in [1.82, 2.24) is 15.2 Å². The lowest BCUT2D eigenvalue weighted by atomic mass is 10.2. The van der Waals surface area contributed by atoms with Crippen LogP contribution >= 0.6 is 0 Å². The Bertz CT molecular complexity index is 420. The van der Waals surface area contributed by atoms with Crippen LogP contribution in [0.2, 0.25) is 0 Å². The van der Waals surface area contributed by atoms with Crippen LogP contribution in [-0.4, -0.2) is 49.2 Å². The van der Waals surface area contributed by atoms with Gasteiger partial charge in [-0.15, -0.1) is 0 Å². The number of rotatable bonds is 3. The predicted octanol–water partition coefficient (Wildman–Crippen LogP) is 1.48. The van der Waals surface area contributed by atoms with Crippen molar-refractivity contribution in [2.45, 2.75) is 31.8 Å². The first kappa shape index (κ1) is 12.9. The van der Waals surface area contributed by atoms with Crippen molar-refractivity contribution in [2.24, 2.45) is 0 Å². The van der Waals surface area contributed by atoms with E-state index in [4.69, 9.17) is 4.98 Å². The van der Waals surface area contributed by atoms with Crippen LogP contribution in [0.25, 0.3) is 0 Å². The second kappa shape index (κ2) is 5.88. The lowest BCUT2D eigenvalue weighted by molar-refractivity contribution is 0.273. The second-order valence-corrected chi connectivity index (χ2v) is 5.65. The maximum absolute atomic E-state index is 4.79. The van der Waals surface area contributed by atoms with Gasteiger partial charge in [0.15, 0.2) is 0 Å². The summed E-state index contributed by atoms with van der Waals surface area (Å²) in [5.74, 6) is 1.15. The summed E-state index contributed by atoms with van der Waals surface area (Å²) in [4.78, 5) is 9.93. The first-order chi connectivity index (χ1) is 9.36. The first-order valence-electron chi connectivity index (χ1n) is 7.46. The molecule has 0 bridgehead atoms. The van der Waals surface area contributed by atoms with Gasteiger partial charge in [-0.1, -0.05) is 6.07 Å². The third-order valence-electron chi connectivity index (χ3n) is 4.28. The number of nitrogens with one attached hydrogen (secondary N) is 1. The monoisotopic (exact) mass is 260 g/mol. The third-order valence-corrected chi connectivity index (χ3v) is 4.28. The predicted molar refractivity (Wildman–Crippen MR) is 78.4 cm³/mol. The van der Waals surface area contributed by atoms with Crippen LogP contribution < -0.4 is 10.2 Å². The Kier molecular flexibility index (Phi) is 3.99. The number of fused-ring (bicyclic) bond motifs is 1. The highest BCUT2D eigenvalue weighted by atomic mass is 15.3. The molecule has 0 radical (unpaired) electrons. The second-order valence-electron chi connectivity index (χ2n) is 5.65. The first-order valence-corrected chi connectivity index (χ1v) is 7.46. The molecule has 1 N–H and O–H groups in total. The molecule has 2 fully saturated rings. The van der Waals surface area contributed by atoms with E-state index in [0.717, 1.165) is 37.2 Å². The van der Waals surface area contributed by atoms with Gasteiger partial charge in [0.25, 0.3) is 0 Å². The topological polar surface area (TPSA) is 31.4 Å². The van der Waals surface area contributed by atoms with Crippen LogP contribution in [0.1, 0.15) is 25.0 Å². The summed E-state index contributed by atoms with van der Waals surface area (Å²) >= 11 is 0. The maximum Gasteiger partial charge on any atom is 0.128 e. The Balaban J connectivity index is 1.75. The molecule has 0 saturated carbocycles. The average Bonchev–Trinajstić information content (AvgIpc) is 2.77. The molecule has 4 heteroatoms. The Morgan fingerprint density at radius 1 is 1.26 bits per heavy atom. The summed E-state index contributed by atoms with van der Waals surface area (Å²) in [7, 11) is 1.97. The van der Waals surface area contributed by atoms with Crippen LogP contribution in [0.15, 0.2) is 18.2 Å². The van der Waals surface area contributed by atoms with Crippen LogP contribution in [0.3, 0.4) is 0 Å². The van der Waals surface area contributed by atoms with Gasteiger partial charge in [0.05, 0.1) is 5.69 Å². The zero-order valence-corrected chi connectivity index (χ0v) is 11.8. The minimum absolute atomic E-state index is 0.747. The number of nitrogens with zero attached hydrogens (tertiary/aromatic N) is 3. The lowest BCUT2D eigenvalue weighted by Gasteiger charge is -2.26. The van der Waals surface area contributed by atoms with Gasteiger partial charge in [-0.3, -0.25) is 4.90 Å². The standard InChI is InChI=1S/C15H24N4/c1-16-11-13-5-2-7-15(17-13)19-10-4-9-18-8-3-6-14(18)12-19/h2,5,7,14,16H,3-4,6,8-12H2,1H3. The summed E-state index contributed by atoms with van der Waals surface area (Å²) < 4.78 is 0. The molecule has 3 heterocycles. The van der Waals surface area contributed by atoms with Gasteiger partial charge >= 0.3 is 0 Å². The smallest absolute Gasteiger partial charge is 0.128 e. The number of hydrogen-bond donors (Lipinski definition) is 1. The summed E-state index contributed by atoms with van der Waals surface area (Å²) in [6.45, 7) is 5.69. The third kappa shape index (κ3) is 2.90. The van der Waals surface area contributed by atoms with E-state index in [1.807, 2.05) is 7.05 Å². The maximum atomic E-state index is 4.79. The quantitative estimate of drug-likeness (QED) is 0.892. The van der Waals surface area contributed by atoms with Crippen molar-refractivity contribution in [2.75, 3.05) is 38.1 Å². The van der Waals surface area contributed by atoms with Gasteiger partial charge in [-0.2, -0.15) is 0 Å². The van der Waals surface area contributed by atoms with E-state index in [2.05, 4.69) is 33.3 Å². The van der Waals surface area contributed by atoms with Crippen LogP contribution in [0.4, 0.5) is 5.82 Å². The molecule has 1 aromatic rings. The highest BCUT2D eigenvalue weighted by Crippen LogP contribution is 2.24. The largest absolute Gasteiger partial charge is 0.355 e. The minimum Gasteiger partial charge on any atom is -0.355 e. The molecule has 0 spiro atoms. The van der Waals surface area contributed by atoms with Gasteiger partial charge in [0.2, 0.25) is 0 Å². The van der Waals surface area contributed by atoms with E-state index in [1.165, 1.54) is 32.4 Å². The Morgan fingerprint density at radius 3 is 3.05 bits per heavy atom. The van der Waals surface area contributed by atoms with E-state index >= 15 is 0 Å². The highest BCUT2D eigenvalue weighted by Gasteiger charge is 2.29. The van der Waals surface area contributed by atoms with Crippen molar-refractivity contribution in [1.29, 1.82) is 0 Å². The minimum atomic E-state index is 0.747. The molecule has 4 nitrogen and oxygen atoms in total. The number of aromatic nitrogens is 1. The highest BCUT2D eigenvalue weighted by molar-refractivity contribution is 5.40. The van der Waals surface area contributed by atoms with Crippen molar-refractivity contribution in [3.8, 4) is 0 Å². The lowest BCUT2D eigenvalue weighted by Crippen LogP contribution is -2.37. The molecule has 0 aromatic carbocycles. The zero-order valence-electron chi connectivity index (χ0n) is 11.8. The SMILES string of the molecule is CNCc1cccc(N2CCCN3CCCC3C2)n1. The molecule has 1 atom stereocenters. The molecule has 1 unspecified atom stereocenters. The fourth-order valence-electron chi connectivity index (χ4n) is 3.34. The Morgan fingerprint density at radius 2 is 2.16 bits per heavy atom. The Hall–Kier alpha value is -1.13. The number of anilines is 1. The molecule has 3 rings (SSSR count). The molecule has 2 saturated heterocycles. The molecule has 2 aliphatic heterocycles. The van der Waals surface area contributed by atoms with Gasteiger partial charge < -0.3 is 10.2 Å². The summed E-state index contributed by atoms with van der Waals surface area (Å²) in [5.41, 5.74) is 1.13. The molecule has 0 amide bonds. The van der Waals surface area contributed by atoms with Crippen LogP contribution in [0, 0.1) is 0 Å².